The van der Waals surface area contributed by atoms with Gasteiger partial charge in [0, 0.05) is 23.6 Å². The van der Waals surface area contributed by atoms with Crippen LogP contribution in [0.15, 0.2) is 0 Å². The average Bonchev–Trinajstić information content (AvgIpc) is 2.38. The zero-order valence-electron chi connectivity index (χ0n) is 13.5. The van der Waals surface area contributed by atoms with Crippen LogP contribution in [0.4, 0.5) is 0 Å². The molecule has 0 bridgehead atoms. The molecule has 0 spiro atoms. The third-order valence-corrected chi connectivity index (χ3v) is 5.49. The van der Waals surface area contributed by atoms with Crippen LogP contribution in [0, 0.1) is 5.92 Å². The van der Waals surface area contributed by atoms with E-state index in [1.165, 1.54) is 57.4 Å². The highest BCUT2D eigenvalue weighted by molar-refractivity contribution is 8.00. The summed E-state index contributed by atoms with van der Waals surface area (Å²) in [6.45, 7) is 6.99. The Kier molecular flexibility index (Phi) is 9.17. The fourth-order valence-corrected chi connectivity index (χ4v) is 4.66. The second-order valence-electron chi connectivity index (χ2n) is 6.24. The summed E-state index contributed by atoms with van der Waals surface area (Å²) in [6.07, 6.45) is 8.32. The summed E-state index contributed by atoms with van der Waals surface area (Å²) in [5.74, 6) is 2.27. The van der Waals surface area contributed by atoms with Gasteiger partial charge < -0.3 is 10.2 Å². The lowest BCUT2D eigenvalue weighted by molar-refractivity contribution is 0.287. The number of rotatable bonds is 9. The van der Waals surface area contributed by atoms with Gasteiger partial charge in [0.1, 0.15) is 0 Å². The van der Waals surface area contributed by atoms with Crippen LogP contribution in [0.25, 0.3) is 0 Å². The summed E-state index contributed by atoms with van der Waals surface area (Å²) >= 11 is 2.21. The van der Waals surface area contributed by atoms with E-state index in [1.54, 1.807) is 0 Å². The first-order valence-electron chi connectivity index (χ1n) is 8.17. The van der Waals surface area contributed by atoms with E-state index in [9.17, 15) is 0 Å². The Labute approximate surface area is 125 Å². The average molecular weight is 287 g/mol. The molecule has 0 saturated heterocycles. The highest BCUT2D eigenvalue weighted by Crippen LogP contribution is 2.34. The van der Waals surface area contributed by atoms with Gasteiger partial charge in [-0.25, -0.2) is 0 Å². The molecule has 1 aliphatic carbocycles. The second-order valence-corrected chi connectivity index (χ2v) is 7.59. The predicted octanol–water partition coefficient (Wildman–Crippen LogP) is 3.62. The van der Waals surface area contributed by atoms with Crippen molar-refractivity contribution in [3.05, 3.63) is 0 Å². The normalized spacial score (nSPS) is 27.9. The van der Waals surface area contributed by atoms with Gasteiger partial charge in [-0.05, 0) is 52.2 Å². The molecule has 0 aromatic carbocycles. The number of nitrogens with zero attached hydrogens (tertiary/aromatic N) is 1. The maximum atomic E-state index is 3.79. The Morgan fingerprint density at radius 2 is 1.95 bits per heavy atom. The third-order valence-electron chi connectivity index (χ3n) is 4.12. The van der Waals surface area contributed by atoms with Crippen molar-refractivity contribution in [1.29, 1.82) is 0 Å². The molecule has 19 heavy (non-hydrogen) atoms. The lowest BCUT2D eigenvalue weighted by atomic mass is 9.83. The van der Waals surface area contributed by atoms with Gasteiger partial charge in [0.15, 0.2) is 0 Å². The van der Waals surface area contributed by atoms with E-state index in [1.807, 2.05) is 0 Å². The number of thioether (sulfide) groups is 1. The van der Waals surface area contributed by atoms with E-state index < -0.39 is 0 Å². The van der Waals surface area contributed by atoms with Crippen LogP contribution >= 0.6 is 11.8 Å². The molecule has 3 atom stereocenters. The predicted molar refractivity (Wildman–Crippen MR) is 89.1 cm³/mol. The van der Waals surface area contributed by atoms with E-state index in [4.69, 9.17) is 0 Å². The minimum absolute atomic E-state index is 0.764. The molecule has 1 rings (SSSR count). The Balaban J connectivity index is 2.40. The van der Waals surface area contributed by atoms with Gasteiger partial charge in [0.05, 0.1) is 0 Å². The molecule has 3 heteroatoms. The van der Waals surface area contributed by atoms with Crippen molar-refractivity contribution in [2.45, 2.75) is 63.7 Å². The Morgan fingerprint density at radius 3 is 2.58 bits per heavy atom. The van der Waals surface area contributed by atoms with E-state index >= 15 is 0 Å². The summed E-state index contributed by atoms with van der Waals surface area (Å²) in [7, 11) is 4.35. The van der Waals surface area contributed by atoms with Gasteiger partial charge >= 0.3 is 0 Å². The van der Waals surface area contributed by atoms with Crippen molar-refractivity contribution in [1.82, 2.24) is 10.2 Å². The lowest BCUT2D eigenvalue weighted by Crippen LogP contribution is -2.43. The molecule has 1 N–H and O–H groups in total. The molecule has 1 fully saturated rings. The van der Waals surface area contributed by atoms with Gasteiger partial charge in [-0.3, -0.25) is 0 Å². The number of hydrogen-bond donors (Lipinski definition) is 1. The number of nitrogens with one attached hydrogen (secondary N) is 1. The van der Waals surface area contributed by atoms with Gasteiger partial charge in [-0.1, -0.05) is 26.7 Å². The standard InChI is InChI=1S/C16H34N2S/c1-5-7-14-8-9-15(17-10-6-2)16(13-14)19-12-11-18(3)4/h14-17H,5-13H2,1-4H3. The van der Waals surface area contributed by atoms with Crippen LogP contribution in [-0.2, 0) is 0 Å². The first-order valence-corrected chi connectivity index (χ1v) is 9.21. The zero-order valence-corrected chi connectivity index (χ0v) is 14.3. The van der Waals surface area contributed by atoms with Crippen molar-refractivity contribution in [3.63, 3.8) is 0 Å². The fraction of sp³-hybridized carbons (Fsp3) is 1.00. The van der Waals surface area contributed by atoms with E-state index in [-0.39, 0.29) is 0 Å². The van der Waals surface area contributed by atoms with Crippen LogP contribution in [0.2, 0.25) is 0 Å². The number of hydrogen-bond acceptors (Lipinski definition) is 3. The monoisotopic (exact) mass is 286 g/mol. The van der Waals surface area contributed by atoms with Gasteiger partial charge in [-0.2, -0.15) is 11.8 Å². The van der Waals surface area contributed by atoms with Crippen molar-refractivity contribution >= 4 is 11.8 Å². The maximum Gasteiger partial charge on any atom is 0.0204 e. The third kappa shape index (κ3) is 7.01. The highest BCUT2D eigenvalue weighted by Gasteiger charge is 2.29. The van der Waals surface area contributed by atoms with Gasteiger partial charge in [-0.15, -0.1) is 0 Å². The fourth-order valence-electron chi connectivity index (χ4n) is 3.02. The van der Waals surface area contributed by atoms with Crippen LogP contribution in [0.5, 0.6) is 0 Å². The van der Waals surface area contributed by atoms with E-state index in [0.717, 1.165) is 17.2 Å². The maximum absolute atomic E-state index is 3.79. The molecule has 0 amide bonds. The largest absolute Gasteiger partial charge is 0.313 e. The zero-order chi connectivity index (χ0) is 14.1. The highest BCUT2D eigenvalue weighted by atomic mass is 32.2. The molecule has 1 saturated carbocycles. The first kappa shape index (κ1) is 17.3. The molecule has 0 aromatic heterocycles. The molecule has 1 aliphatic rings. The Hall–Kier alpha value is 0.270. The van der Waals surface area contributed by atoms with Gasteiger partial charge in [0.25, 0.3) is 0 Å². The summed E-state index contributed by atoms with van der Waals surface area (Å²) in [5.41, 5.74) is 0. The van der Waals surface area contributed by atoms with Crippen LogP contribution in [0.3, 0.4) is 0 Å². The molecular formula is C16H34N2S. The molecule has 0 aliphatic heterocycles. The molecular weight excluding hydrogens is 252 g/mol. The van der Waals surface area contributed by atoms with Crippen molar-refractivity contribution < 1.29 is 0 Å². The quantitative estimate of drug-likeness (QED) is 0.697. The summed E-state index contributed by atoms with van der Waals surface area (Å²) < 4.78 is 0. The van der Waals surface area contributed by atoms with Gasteiger partial charge in [0.2, 0.25) is 0 Å². The molecule has 0 heterocycles. The lowest BCUT2D eigenvalue weighted by Gasteiger charge is -2.36. The van der Waals surface area contributed by atoms with Crippen LogP contribution in [0.1, 0.15) is 52.4 Å². The minimum atomic E-state index is 0.764. The van der Waals surface area contributed by atoms with E-state index in [2.05, 4.69) is 49.9 Å². The molecule has 114 valence electrons. The minimum Gasteiger partial charge on any atom is -0.313 e. The molecule has 0 radical (unpaired) electrons. The Bertz CT molecular complexity index is 221. The van der Waals surface area contributed by atoms with Crippen molar-refractivity contribution in [2.75, 3.05) is 32.9 Å². The molecule has 3 unspecified atom stereocenters. The smallest absolute Gasteiger partial charge is 0.0204 e. The summed E-state index contributed by atoms with van der Waals surface area (Å²) in [4.78, 5) is 2.30. The summed E-state index contributed by atoms with van der Waals surface area (Å²) in [5, 5.41) is 4.63. The van der Waals surface area contributed by atoms with Crippen LogP contribution < -0.4 is 5.32 Å². The van der Waals surface area contributed by atoms with Crippen LogP contribution in [-0.4, -0.2) is 49.1 Å². The van der Waals surface area contributed by atoms with E-state index in [0.29, 0.717) is 0 Å². The van der Waals surface area contributed by atoms with Crippen molar-refractivity contribution in [3.8, 4) is 0 Å². The molecule has 0 aromatic rings. The SMILES string of the molecule is CCCNC1CCC(CCC)CC1SCCN(C)C. The first-order chi connectivity index (χ1) is 9.17. The summed E-state index contributed by atoms with van der Waals surface area (Å²) in [6, 6.07) is 0.764. The Morgan fingerprint density at radius 1 is 1.16 bits per heavy atom. The van der Waals surface area contributed by atoms with Crippen molar-refractivity contribution in [2.24, 2.45) is 5.92 Å². The topological polar surface area (TPSA) is 15.3 Å². The second kappa shape index (κ2) is 10.1. The molecule has 2 nitrogen and oxygen atoms in total.